The molecule has 116 valence electrons. The van der Waals surface area contributed by atoms with Gasteiger partial charge in [-0.3, -0.25) is 4.79 Å². The number of amides is 1. The Balaban J connectivity index is 2.11. The first-order valence-corrected chi connectivity index (χ1v) is 7.18. The number of anilines is 1. The molecule has 0 bridgehead atoms. The zero-order valence-electron chi connectivity index (χ0n) is 13.2. The first-order chi connectivity index (χ1) is 10.4. The van der Waals surface area contributed by atoms with Crippen LogP contribution in [-0.4, -0.2) is 12.0 Å². The molecule has 0 aromatic heterocycles. The van der Waals surface area contributed by atoms with E-state index < -0.39 is 11.9 Å². The number of para-hydroxylation sites is 1. The molecule has 22 heavy (non-hydrogen) atoms. The molecule has 0 spiro atoms. The van der Waals surface area contributed by atoms with Crippen molar-refractivity contribution in [3.8, 4) is 5.75 Å². The predicted molar refractivity (Wildman–Crippen MR) is 85.8 cm³/mol. The van der Waals surface area contributed by atoms with E-state index in [2.05, 4.69) is 5.32 Å². The highest BCUT2D eigenvalue weighted by Crippen LogP contribution is 2.23. The molecule has 0 heterocycles. The molecule has 2 rings (SSSR count). The molecule has 4 heteroatoms. The van der Waals surface area contributed by atoms with Crippen molar-refractivity contribution >= 4 is 11.6 Å². The minimum absolute atomic E-state index is 0.0718. The smallest absolute Gasteiger partial charge is 0.265 e. The number of ether oxygens (including phenoxy) is 1. The molecule has 0 aliphatic carbocycles. The number of rotatable bonds is 4. The fourth-order valence-electron chi connectivity index (χ4n) is 2.39. The van der Waals surface area contributed by atoms with Crippen LogP contribution >= 0.6 is 0 Å². The molecule has 3 nitrogen and oxygen atoms in total. The van der Waals surface area contributed by atoms with Crippen molar-refractivity contribution in [3.63, 3.8) is 0 Å². The zero-order valence-corrected chi connectivity index (χ0v) is 13.2. The van der Waals surface area contributed by atoms with Gasteiger partial charge in [0.25, 0.3) is 5.91 Å². The van der Waals surface area contributed by atoms with Crippen LogP contribution in [0.1, 0.15) is 23.6 Å². The van der Waals surface area contributed by atoms with Crippen molar-refractivity contribution in [2.45, 2.75) is 33.8 Å². The molecule has 1 amide bonds. The third-order valence-corrected chi connectivity index (χ3v) is 3.43. The maximum atomic E-state index is 13.6. The lowest BCUT2D eigenvalue weighted by Gasteiger charge is -2.17. The molecule has 0 radical (unpaired) electrons. The number of aryl methyl sites for hydroxylation is 3. The van der Waals surface area contributed by atoms with Crippen molar-refractivity contribution in [3.05, 3.63) is 58.9 Å². The number of benzene rings is 2. The fraction of sp³-hybridized carbons (Fsp3) is 0.278. The van der Waals surface area contributed by atoms with Gasteiger partial charge in [0.05, 0.1) is 0 Å². The maximum absolute atomic E-state index is 13.6. The molecule has 0 aliphatic heterocycles. The van der Waals surface area contributed by atoms with Gasteiger partial charge in [0.1, 0.15) is 0 Å². The molecule has 1 atom stereocenters. The summed E-state index contributed by atoms with van der Waals surface area (Å²) in [7, 11) is 0. The zero-order chi connectivity index (χ0) is 16.3. The largest absolute Gasteiger partial charge is 0.478 e. The van der Waals surface area contributed by atoms with Gasteiger partial charge in [0.2, 0.25) is 0 Å². The maximum Gasteiger partial charge on any atom is 0.265 e. The van der Waals surface area contributed by atoms with Crippen LogP contribution in [0.2, 0.25) is 0 Å². The van der Waals surface area contributed by atoms with Gasteiger partial charge < -0.3 is 10.1 Å². The van der Waals surface area contributed by atoms with Gasteiger partial charge in [-0.25, -0.2) is 4.39 Å². The topological polar surface area (TPSA) is 38.3 Å². The average Bonchev–Trinajstić information content (AvgIpc) is 2.45. The molecule has 0 aliphatic rings. The summed E-state index contributed by atoms with van der Waals surface area (Å²) in [6.07, 6.45) is -0.794. The van der Waals surface area contributed by atoms with Gasteiger partial charge in [0.15, 0.2) is 17.7 Å². The van der Waals surface area contributed by atoms with E-state index in [9.17, 15) is 9.18 Å². The first-order valence-electron chi connectivity index (χ1n) is 7.18. The van der Waals surface area contributed by atoms with Gasteiger partial charge in [-0.1, -0.05) is 29.8 Å². The summed E-state index contributed by atoms with van der Waals surface area (Å²) in [6.45, 7) is 7.49. The minimum atomic E-state index is -0.794. The Bertz CT molecular complexity index is 674. The lowest BCUT2D eigenvalue weighted by Crippen LogP contribution is -2.31. The van der Waals surface area contributed by atoms with E-state index in [0.717, 1.165) is 22.4 Å². The van der Waals surface area contributed by atoms with E-state index in [-0.39, 0.29) is 11.7 Å². The van der Waals surface area contributed by atoms with E-state index in [0.29, 0.717) is 0 Å². The Kier molecular flexibility index (Phi) is 4.81. The Hall–Kier alpha value is -2.36. The van der Waals surface area contributed by atoms with Crippen LogP contribution in [0.15, 0.2) is 36.4 Å². The average molecular weight is 301 g/mol. The monoisotopic (exact) mass is 301 g/mol. The standard InChI is InChI=1S/C18H20FNO2/c1-11-9-12(2)17(13(3)10-11)20-18(21)14(4)22-16-8-6-5-7-15(16)19/h5-10,14H,1-4H3,(H,20,21). The van der Waals surface area contributed by atoms with Crippen LogP contribution in [0, 0.1) is 26.6 Å². The van der Waals surface area contributed by atoms with E-state index >= 15 is 0 Å². The molecule has 2 aromatic carbocycles. The van der Waals surface area contributed by atoms with E-state index in [4.69, 9.17) is 4.74 Å². The highest BCUT2D eigenvalue weighted by atomic mass is 19.1. The number of hydrogen-bond acceptors (Lipinski definition) is 2. The fourth-order valence-corrected chi connectivity index (χ4v) is 2.39. The summed E-state index contributed by atoms with van der Waals surface area (Å²) < 4.78 is 19.0. The normalized spacial score (nSPS) is 11.9. The predicted octanol–water partition coefficient (Wildman–Crippen LogP) is 4.16. The van der Waals surface area contributed by atoms with Crippen molar-refractivity contribution in [2.75, 3.05) is 5.32 Å². The van der Waals surface area contributed by atoms with Gasteiger partial charge in [-0.15, -0.1) is 0 Å². The number of halogens is 1. The Morgan fingerprint density at radius 1 is 1.14 bits per heavy atom. The molecule has 2 aromatic rings. The second kappa shape index (κ2) is 6.60. The van der Waals surface area contributed by atoms with Crippen molar-refractivity contribution < 1.29 is 13.9 Å². The molecule has 1 unspecified atom stereocenters. The second-order valence-electron chi connectivity index (χ2n) is 5.45. The molecular weight excluding hydrogens is 281 g/mol. The number of carbonyl (C=O) groups excluding carboxylic acids is 1. The highest BCUT2D eigenvalue weighted by molar-refractivity contribution is 5.95. The Labute approximate surface area is 130 Å². The van der Waals surface area contributed by atoms with E-state index in [1.807, 2.05) is 32.9 Å². The summed E-state index contributed by atoms with van der Waals surface area (Å²) >= 11 is 0. The first kappa shape index (κ1) is 16.0. The number of nitrogens with one attached hydrogen (secondary N) is 1. The molecular formula is C18H20FNO2. The van der Waals surface area contributed by atoms with Crippen molar-refractivity contribution in [1.82, 2.24) is 0 Å². The van der Waals surface area contributed by atoms with Gasteiger partial charge in [0, 0.05) is 5.69 Å². The van der Waals surface area contributed by atoms with Gasteiger partial charge >= 0.3 is 0 Å². The minimum Gasteiger partial charge on any atom is -0.478 e. The number of carbonyl (C=O) groups is 1. The van der Waals surface area contributed by atoms with Crippen LogP contribution in [0.5, 0.6) is 5.75 Å². The molecule has 0 saturated heterocycles. The molecule has 1 N–H and O–H groups in total. The number of hydrogen-bond donors (Lipinski definition) is 1. The third-order valence-electron chi connectivity index (χ3n) is 3.43. The van der Waals surface area contributed by atoms with Crippen molar-refractivity contribution in [2.24, 2.45) is 0 Å². The summed E-state index contributed by atoms with van der Waals surface area (Å²) in [6, 6.07) is 10.1. The van der Waals surface area contributed by atoms with E-state index in [1.165, 1.54) is 12.1 Å². The van der Waals surface area contributed by atoms with Gasteiger partial charge in [-0.05, 0) is 51.0 Å². The van der Waals surface area contributed by atoms with Crippen LogP contribution in [0.3, 0.4) is 0 Å². The SMILES string of the molecule is Cc1cc(C)c(NC(=O)C(C)Oc2ccccc2F)c(C)c1. The van der Waals surface area contributed by atoms with Gasteiger partial charge in [-0.2, -0.15) is 0 Å². The summed E-state index contributed by atoms with van der Waals surface area (Å²) in [5, 5.41) is 2.86. The molecule has 0 fully saturated rings. The third kappa shape index (κ3) is 3.64. The summed E-state index contributed by atoms with van der Waals surface area (Å²) in [5.74, 6) is -0.717. The lowest BCUT2D eigenvalue weighted by atomic mass is 10.0. The molecule has 0 saturated carbocycles. The quantitative estimate of drug-likeness (QED) is 0.921. The highest BCUT2D eigenvalue weighted by Gasteiger charge is 2.18. The second-order valence-corrected chi connectivity index (χ2v) is 5.45. The van der Waals surface area contributed by atoms with E-state index in [1.54, 1.807) is 19.1 Å². The summed E-state index contributed by atoms with van der Waals surface area (Å²) in [4.78, 5) is 12.3. The van der Waals surface area contributed by atoms with Crippen molar-refractivity contribution in [1.29, 1.82) is 0 Å². The van der Waals surface area contributed by atoms with Crippen LogP contribution in [0.4, 0.5) is 10.1 Å². The lowest BCUT2D eigenvalue weighted by molar-refractivity contribution is -0.122. The van der Waals surface area contributed by atoms with Crippen LogP contribution in [-0.2, 0) is 4.79 Å². The Morgan fingerprint density at radius 3 is 2.32 bits per heavy atom. The Morgan fingerprint density at radius 2 is 1.73 bits per heavy atom. The summed E-state index contributed by atoms with van der Waals surface area (Å²) in [5.41, 5.74) is 3.90. The van der Waals surface area contributed by atoms with Crippen LogP contribution in [0.25, 0.3) is 0 Å². The van der Waals surface area contributed by atoms with Crippen LogP contribution < -0.4 is 10.1 Å².